The number of hydrogen-bond donors (Lipinski definition) is 0. The Morgan fingerprint density at radius 3 is 0.671 bits per heavy atom. The molecule has 0 radical (unpaired) electrons. The molecule has 0 amide bonds. The standard InChI is InChI=1S/C56H51B17/c57-40-25(18-7-2-1-3-8-18)32-28-29-33(44(61)50(67)35(28)46(40)63)26(41(58)47(64)36(29)49(66)43(32)60)23-13-5-11-21(16-23)19-9-4-10-20(15-19)22-12-6-14-24(17-22)27-34-30-31-38(51(68)45(34)62)54(71)56(73)55(72)39(31)53(70)52(69)37(30)48(65)42(27)59/h1-17H,57-73H2. The van der Waals surface area contributed by atoms with Crippen molar-refractivity contribution in [1.82, 2.24) is 0 Å². The smallest absolute Gasteiger partial charge is 0.100 e. The van der Waals surface area contributed by atoms with Crippen molar-refractivity contribution in [2.24, 2.45) is 0 Å². The van der Waals surface area contributed by atoms with Crippen LogP contribution in [0.15, 0.2) is 103 Å². The Bertz CT molecular complexity index is 4430. The van der Waals surface area contributed by atoms with Crippen LogP contribution in [0.5, 0.6) is 0 Å². The highest BCUT2D eigenvalue weighted by Gasteiger charge is 2.28. The van der Waals surface area contributed by atoms with Crippen LogP contribution >= 0.6 is 0 Å². The maximum absolute atomic E-state index is 2.46. The molecular formula is C56H51B17. The Labute approximate surface area is 446 Å². The van der Waals surface area contributed by atoms with Gasteiger partial charge in [0.1, 0.15) is 133 Å². The summed E-state index contributed by atoms with van der Waals surface area (Å²) in [5, 5.41) is 17.2. The van der Waals surface area contributed by atoms with Crippen LogP contribution in [0.3, 0.4) is 0 Å². The van der Waals surface area contributed by atoms with E-state index in [9.17, 15) is 0 Å². The van der Waals surface area contributed by atoms with Crippen molar-refractivity contribution in [1.29, 1.82) is 0 Å². The fraction of sp³-hybridized carbons (Fsp3) is 0. The first kappa shape index (κ1) is 47.8. The third-order valence-corrected chi connectivity index (χ3v) is 19.2. The SMILES string of the molecule is Bc1c(B)c2c(B)c(B)c3c(B)c(B)c(-c4cccc(-c5cccc(-c6cccc(-c7c(B)c(B)c8c(B)c(B)c9c(-c%10ccccc%10)c(B)c(B)c%10c(B)c(B)c7c8c%109)c6)c5)c4)c4c(B)c(B)c(c1B)c2c34. The molecule has 0 aliphatic carbocycles. The van der Waals surface area contributed by atoms with Crippen molar-refractivity contribution in [2.75, 3.05) is 0 Å². The first-order chi connectivity index (χ1) is 34.9. The van der Waals surface area contributed by atoms with Crippen LogP contribution in [0.2, 0.25) is 0 Å². The Kier molecular flexibility index (Phi) is 11.1. The molecule has 0 atom stereocenters. The quantitative estimate of drug-likeness (QED) is 0.119. The highest BCUT2D eigenvalue weighted by atomic mass is 14.3. The maximum Gasteiger partial charge on any atom is 0.139 e. The number of benzene rings is 12. The van der Waals surface area contributed by atoms with Gasteiger partial charge < -0.3 is 0 Å². The molecule has 73 heavy (non-hydrogen) atoms. The van der Waals surface area contributed by atoms with Crippen LogP contribution in [0.1, 0.15) is 0 Å². The van der Waals surface area contributed by atoms with Gasteiger partial charge in [-0.05, 0) is 138 Å². The summed E-state index contributed by atoms with van der Waals surface area (Å²) in [7, 11) is 40.1. The largest absolute Gasteiger partial charge is 0.139 e. The average Bonchev–Trinajstić information content (AvgIpc) is 3.39. The van der Waals surface area contributed by atoms with Gasteiger partial charge in [0.25, 0.3) is 0 Å². The summed E-state index contributed by atoms with van der Waals surface area (Å²) in [6, 6.07) is 39.1. The highest BCUT2D eigenvalue weighted by molar-refractivity contribution is 6.76. The summed E-state index contributed by atoms with van der Waals surface area (Å²) in [4.78, 5) is 0. The highest BCUT2D eigenvalue weighted by Crippen LogP contribution is 2.40. The van der Waals surface area contributed by atoms with Gasteiger partial charge in [-0.3, -0.25) is 0 Å². The second-order valence-electron chi connectivity index (χ2n) is 22.4. The summed E-state index contributed by atoms with van der Waals surface area (Å²) in [5.74, 6) is 0. The van der Waals surface area contributed by atoms with E-state index in [-0.39, 0.29) is 0 Å². The lowest BCUT2D eigenvalue weighted by molar-refractivity contribution is 1.58. The van der Waals surface area contributed by atoms with E-state index in [2.05, 4.69) is 237 Å². The third-order valence-electron chi connectivity index (χ3n) is 19.2. The molecule has 0 saturated heterocycles. The summed E-state index contributed by atoms with van der Waals surface area (Å²) in [5.41, 5.74) is 36.6. The molecule has 0 bridgehead atoms. The first-order valence-electron chi connectivity index (χ1n) is 26.6. The van der Waals surface area contributed by atoms with E-state index in [1.54, 1.807) is 0 Å². The van der Waals surface area contributed by atoms with Gasteiger partial charge >= 0.3 is 0 Å². The lowest BCUT2D eigenvalue weighted by Gasteiger charge is -2.29. The van der Waals surface area contributed by atoms with Crippen LogP contribution in [0.4, 0.5) is 0 Å². The Hall–Kier alpha value is -6.18. The molecule has 0 aliphatic rings. The van der Waals surface area contributed by atoms with Gasteiger partial charge in [0.2, 0.25) is 0 Å². The van der Waals surface area contributed by atoms with Crippen LogP contribution in [0.25, 0.3) is 120 Å². The third kappa shape index (κ3) is 6.45. The number of hydrogen-bond acceptors (Lipinski definition) is 0. The molecule has 0 saturated carbocycles. The van der Waals surface area contributed by atoms with Crippen molar-refractivity contribution >= 4 is 291 Å². The molecule has 0 N–H and O–H groups in total. The van der Waals surface area contributed by atoms with E-state index in [0.717, 1.165) is 0 Å². The molecule has 0 spiro atoms. The predicted octanol–water partition coefficient (Wildman–Crippen LogP) is -13.8. The van der Waals surface area contributed by atoms with Crippen molar-refractivity contribution in [3.63, 3.8) is 0 Å². The first-order valence-corrected chi connectivity index (χ1v) is 26.6. The summed E-state index contributed by atoms with van der Waals surface area (Å²) >= 11 is 0. The van der Waals surface area contributed by atoms with Crippen molar-refractivity contribution in [3.05, 3.63) is 103 Å². The second-order valence-corrected chi connectivity index (χ2v) is 22.4. The molecule has 0 aliphatic heterocycles. The molecule has 17 heteroatoms. The molecule has 0 fully saturated rings. The molecular weight excluding hydrogens is 856 g/mol. The molecule has 12 aromatic carbocycles. The Balaban J connectivity index is 1.04. The predicted molar refractivity (Wildman–Crippen MR) is 380 cm³/mol. The minimum atomic E-state index is 1.22. The molecule has 12 aromatic rings. The lowest BCUT2D eigenvalue weighted by Crippen LogP contribution is -2.48. The van der Waals surface area contributed by atoms with Crippen LogP contribution in [-0.4, -0.2) is 133 Å². The number of rotatable bonds is 5. The van der Waals surface area contributed by atoms with E-state index in [4.69, 9.17) is 0 Å². The molecule has 0 aromatic heterocycles. The van der Waals surface area contributed by atoms with Crippen molar-refractivity contribution in [2.45, 2.75) is 0 Å². The van der Waals surface area contributed by atoms with E-state index >= 15 is 0 Å². The van der Waals surface area contributed by atoms with Gasteiger partial charge in [0.15, 0.2) is 0 Å². The Morgan fingerprint density at radius 2 is 0.356 bits per heavy atom. The second kappa shape index (κ2) is 16.9. The molecule has 326 valence electrons. The van der Waals surface area contributed by atoms with Gasteiger partial charge in [0, 0.05) is 0 Å². The lowest BCUT2D eigenvalue weighted by atomic mass is 9.58. The average molecular weight is 908 g/mol. The zero-order valence-corrected chi connectivity index (χ0v) is 46.3. The summed E-state index contributed by atoms with van der Waals surface area (Å²) in [6.07, 6.45) is 0. The van der Waals surface area contributed by atoms with E-state index in [0.29, 0.717) is 0 Å². The maximum atomic E-state index is 2.46. The van der Waals surface area contributed by atoms with Gasteiger partial charge in [-0.1, -0.05) is 172 Å². The van der Waals surface area contributed by atoms with Crippen LogP contribution in [0, 0.1) is 0 Å². The van der Waals surface area contributed by atoms with Crippen LogP contribution < -0.4 is 92.9 Å². The van der Waals surface area contributed by atoms with E-state index < -0.39 is 0 Å². The fourth-order valence-corrected chi connectivity index (χ4v) is 14.4. The minimum Gasteiger partial charge on any atom is -0.100 e. The summed E-state index contributed by atoms with van der Waals surface area (Å²) in [6.45, 7) is 0. The molecule has 12 rings (SSSR count). The van der Waals surface area contributed by atoms with E-state index in [1.165, 1.54) is 213 Å². The van der Waals surface area contributed by atoms with Gasteiger partial charge in [-0.2, -0.15) is 0 Å². The van der Waals surface area contributed by atoms with Crippen molar-refractivity contribution in [3.8, 4) is 55.6 Å². The zero-order valence-electron chi connectivity index (χ0n) is 46.3. The topological polar surface area (TPSA) is 0 Å². The molecule has 0 unspecified atom stereocenters. The van der Waals surface area contributed by atoms with E-state index in [1.807, 2.05) is 0 Å². The summed E-state index contributed by atoms with van der Waals surface area (Å²) < 4.78 is 0. The van der Waals surface area contributed by atoms with Gasteiger partial charge in [-0.15, -0.1) is 5.46 Å². The van der Waals surface area contributed by atoms with Gasteiger partial charge in [0.05, 0.1) is 0 Å². The van der Waals surface area contributed by atoms with Crippen LogP contribution in [-0.2, 0) is 0 Å². The molecule has 0 heterocycles. The Morgan fingerprint density at radius 1 is 0.151 bits per heavy atom. The fourth-order valence-electron chi connectivity index (χ4n) is 14.4. The monoisotopic (exact) mass is 911 g/mol. The minimum absolute atomic E-state index is 1.22. The van der Waals surface area contributed by atoms with Crippen molar-refractivity contribution < 1.29 is 0 Å². The van der Waals surface area contributed by atoms with Gasteiger partial charge in [-0.25, -0.2) is 0 Å². The zero-order chi connectivity index (χ0) is 51.5. The normalized spacial score (nSPS) is 11.9. The molecule has 0 nitrogen and oxygen atoms in total.